The van der Waals surface area contributed by atoms with Gasteiger partial charge in [0, 0.05) is 44.8 Å². The van der Waals surface area contributed by atoms with Gasteiger partial charge < -0.3 is 19.4 Å². The predicted octanol–water partition coefficient (Wildman–Crippen LogP) is 1.75. The molecule has 112 valence electrons. The van der Waals surface area contributed by atoms with Crippen LogP contribution in [0, 0.1) is 5.92 Å². The summed E-state index contributed by atoms with van der Waals surface area (Å²) in [4.78, 5) is 4.62. The molecule has 0 aliphatic carbocycles. The van der Waals surface area contributed by atoms with Gasteiger partial charge in [0.05, 0.1) is 12.6 Å². The lowest BCUT2D eigenvalue weighted by Crippen LogP contribution is -2.40. The maximum atomic E-state index is 5.51. The van der Waals surface area contributed by atoms with Gasteiger partial charge in [-0.05, 0) is 32.1 Å². The van der Waals surface area contributed by atoms with E-state index in [-0.39, 0.29) is 0 Å². The predicted molar refractivity (Wildman–Crippen MR) is 76.5 cm³/mol. The molecular weight excluding hydrogens is 254 g/mol. The third-order valence-electron chi connectivity index (χ3n) is 4.45. The van der Waals surface area contributed by atoms with Crippen molar-refractivity contribution in [3.63, 3.8) is 0 Å². The minimum Gasteiger partial charge on any atom is -0.381 e. The van der Waals surface area contributed by atoms with Crippen LogP contribution >= 0.6 is 0 Å². The minimum atomic E-state index is 0.320. The highest BCUT2D eigenvalue weighted by Crippen LogP contribution is 2.30. The number of aryl methyl sites for hydroxylation is 1. The Morgan fingerprint density at radius 1 is 1.30 bits per heavy atom. The van der Waals surface area contributed by atoms with Crippen molar-refractivity contribution in [1.82, 2.24) is 14.9 Å². The fourth-order valence-corrected chi connectivity index (χ4v) is 3.26. The van der Waals surface area contributed by atoms with E-state index in [0.29, 0.717) is 18.0 Å². The second-order valence-corrected chi connectivity index (χ2v) is 5.73. The SMILES string of the molecule is CCn1ccnc1[C@H](N[C@@H]1CCOC1)C1CCOCC1. The zero-order valence-electron chi connectivity index (χ0n) is 12.3. The third kappa shape index (κ3) is 3.05. The molecular formula is C15H25N3O2. The fourth-order valence-electron chi connectivity index (χ4n) is 3.26. The highest BCUT2D eigenvalue weighted by Gasteiger charge is 2.31. The summed E-state index contributed by atoms with van der Waals surface area (Å²) in [6.45, 7) is 6.59. The van der Waals surface area contributed by atoms with E-state index in [2.05, 4.69) is 28.0 Å². The molecule has 1 N–H and O–H groups in total. The van der Waals surface area contributed by atoms with Crippen LogP contribution in [0.4, 0.5) is 0 Å². The van der Waals surface area contributed by atoms with Crippen LogP contribution < -0.4 is 5.32 Å². The minimum absolute atomic E-state index is 0.320. The quantitative estimate of drug-likeness (QED) is 0.892. The molecule has 2 saturated heterocycles. The maximum absolute atomic E-state index is 5.51. The molecule has 0 saturated carbocycles. The second-order valence-electron chi connectivity index (χ2n) is 5.73. The fraction of sp³-hybridized carbons (Fsp3) is 0.800. The Labute approximate surface area is 120 Å². The highest BCUT2D eigenvalue weighted by atomic mass is 16.5. The Kier molecular flexibility index (Phi) is 4.70. The van der Waals surface area contributed by atoms with Crippen molar-refractivity contribution in [1.29, 1.82) is 0 Å². The molecule has 20 heavy (non-hydrogen) atoms. The number of imidazole rings is 1. The van der Waals surface area contributed by atoms with Gasteiger partial charge in [-0.2, -0.15) is 0 Å². The summed E-state index contributed by atoms with van der Waals surface area (Å²) < 4.78 is 13.3. The average Bonchev–Trinajstić information content (AvgIpc) is 3.16. The third-order valence-corrected chi connectivity index (χ3v) is 4.45. The Balaban J connectivity index is 1.77. The van der Waals surface area contributed by atoms with Gasteiger partial charge in [-0.1, -0.05) is 0 Å². The Morgan fingerprint density at radius 3 is 2.80 bits per heavy atom. The lowest BCUT2D eigenvalue weighted by atomic mass is 9.90. The topological polar surface area (TPSA) is 48.3 Å². The number of hydrogen-bond donors (Lipinski definition) is 1. The van der Waals surface area contributed by atoms with Gasteiger partial charge in [0.25, 0.3) is 0 Å². The first-order chi connectivity index (χ1) is 9.88. The molecule has 2 atom stereocenters. The molecule has 0 spiro atoms. The molecule has 3 rings (SSSR count). The molecule has 0 unspecified atom stereocenters. The number of nitrogens with one attached hydrogen (secondary N) is 1. The molecule has 0 bridgehead atoms. The highest BCUT2D eigenvalue weighted by molar-refractivity contribution is 5.03. The van der Waals surface area contributed by atoms with Gasteiger partial charge in [-0.3, -0.25) is 0 Å². The number of ether oxygens (including phenoxy) is 2. The van der Waals surface area contributed by atoms with Crippen molar-refractivity contribution >= 4 is 0 Å². The Hall–Kier alpha value is -0.910. The number of rotatable bonds is 5. The summed E-state index contributed by atoms with van der Waals surface area (Å²) in [5.74, 6) is 1.78. The van der Waals surface area contributed by atoms with E-state index in [0.717, 1.165) is 52.2 Å². The largest absolute Gasteiger partial charge is 0.381 e. The van der Waals surface area contributed by atoms with Crippen LogP contribution in [0.2, 0.25) is 0 Å². The Bertz CT molecular complexity index is 409. The summed E-state index contributed by atoms with van der Waals surface area (Å²) >= 11 is 0. The summed E-state index contributed by atoms with van der Waals surface area (Å²) in [6, 6.07) is 0.783. The van der Waals surface area contributed by atoms with Crippen molar-refractivity contribution < 1.29 is 9.47 Å². The van der Waals surface area contributed by atoms with E-state index in [9.17, 15) is 0 Å². The van der Waals surface area contributed by atoms with Gasteiger partial charge in [-0.15, -0.1) is 0 Å². The van der Waals surface area contributed by atoms with Gasteiger partial charge >= 0.3 is 0 Å². The molecule has 0 radical (unpaired) electrons. The molecule has 1 aromatic heterocycles. The zero-order valence-corrected chi connectivity index (χ0v) is 12.3. The molecule has 2 aliphatic heterocycles. The average molecular weight is 279 g/mol. The van der Waals surface area contributed by atoms with Crippen molar-refractivity contribution in [3.05, 3.63) is 18.2 Å². The van der Waals surface area contributed by atoms with Gasteiger partial charge in [-0.25, -0.2) is 4.98 Å². The van der Waals surface area contributed by atoms with Gasteiger partial charge in [0.1, 0.15) is 5.82 Å². The summed E-state index contributed by atoms with van der Waals surface area (Å²) in [5, 5.41) is 3.80. The van der Waals surface area contributed by atoms with E-state index < -0.39 is 0 Å². The van der Waals surface area contributed by atoms with Crippen LogP contribution in [0.3, 0.4) is 0 Å². The monoisotopic (exact) mass is 279 g/mol. The number of hydrogen-bond acceptors (Lipinski definition) is 4. The number of aromatic nitrogens is 2. The molecule has 3 heterocycles. The van der Waals surface area contributed by atoms with Crippen LogP contribution in [0.25, 0.3) is 0 Å². The van der Waals surface area contributed by atoms with E-state index >= 15 is 0 Å². The van der Waals surface area contributed by atoms with Crippen molar-refractivity contribution in [2.24, 2.45) is 5.92 Å². The summed E-state index contributed by atoms with van der Waals surface area (Å²) in [6.07, 6.45) is 7.32. The van der Waals surface area contributed by atoms with Crippen LogP contribution in [0.15, 0.2) is 12.4 Å². The van der Waals surface area contributed by atoms with Gasteiger partial charge in [0.15, 0.2) is 0 Å². The van der Waals surface area contributed by atoms with Crippen molar-refractivity contribution in [3.8, 4) is 0 Å². The van der Waals surface area contributed by atoms with Crippen LogP contribution in [-0.2, 0) is 16.0 Å². The van der Waals surface area contributed by atoms with E-state index in [1.165, 1.54) is 5.82 Å². The van der Waals surface area contributed by atoms with Crippen LogP contribution in [0.1, 0.15) is 38.1 Å². The lowest BCUT2D eigenvalue weighted by Gasteiger charge is -2.32. The molecule has 5 nitrogen and oxygen atoms in total. The maximum Gasteiger partial charge on any atom is 0.126 e. The smallest absolute Gasteiger partial charge is 0.126 e. The van der Waals surface area contributed by atoms with Crippen LogP contribution in [0.5, 0.6) is 0 Å². The normalized spacial score (nSPS) is 25.9. The molecule has 2 fully saturated rings. The zero-order chi connectivity index (χ0) is 13.8. The standard InChI is InChI=1S/C15H25N3O2/c1-2-18-7-6-16-15(18)14(12-3-8-19-9-4-12)17-13-5-10-20-11-13/h6-7,12-14,17H,2-5,8-11H2,1H3/t13-,14-/m1/s1. The molecule has 5 heteroatoms. The first-order valence-corrected chi connectivity index (χ1v) is 7.81. The van der Waals surface area contributed by atoms with Gasteiger partial charge in [0.2, 0.25) is 0 Å². The van der Waals surface area contributed by atoms with E-state index in [4.69, 9.17) is 9.47 Å². The second kappa shape index (κ2) is 6.70. The van der Waals surface area contributed by atoms with E-state index in [1.807, 2.05) is 6.20 Å². The molecule has 0 amide bonds. The van der Waals surface area contributed by atoms with Crippen molar-refractivity contribution in [2.75, 3.05) is 26.4 Å². The molecule has 1 aromatic rings. The first-order valence-electron chi connectivity index (χ1n) is 7.81. The molecule has 2 aliphatic rings. The van der Waals surface area contributed by atoms with E-state index in [1.54, 1.807) is 0 Å². The lowest BCUT2D eigenvalue weighted by molar-refractivity contribution is 0.0497. The summed E-state index contributed by atoms with van der Waals surface area (Å²) in [5.41, 5.74) is 0. The first kappa shape index (κ1) is 14.0. The molecule has 0 aromatic carbocycles. The van der Waals surface area contributed by atoms with Crippen LogP contribution in [-0.4, -0.2) is 42.0 Å². The number of nitrogens with zero attached hydrogens (tertiary/aromatic N) is 2. The Morgan fingerprint density at radius 2 is 2.10 bits per heavy atom. The van der Waals surface area contributed by atoms with Crippen molar-refractivity contribution in [2.45, 2.75) is 44.8 Å². The summed E-state index contributed by atoms with van der Waals surface area (Å²) in [7, 11) is 0.